The highest BCUT2D eigenvalue weighted by molar-refractivity contribution is 5.94. The average molecular weight is 196 g/mol. The minimum atomic E-state index is -0.0640. The smallest absolute Gasteiger partial charge is 0.254 e. The van der Waals surface area contributed by atoms with Gasteiger partial charge in [0.1, 0.15) is 0 Å². The van der Waals surface area contributed by atoms with Gasteiger partial charge in [0.05, 0.1) is 11.3 Å². The number of carbonyl (C=O) groups is 1. The van der Waals surface area contributed by atoms with Crippen molar-refractivity contribution in [2.24, 2.45) is 7.05 Å². The van der Waals surface area contributed by atoms with Gasteiger partial charge in [0.2, 0.25) is 0 Å². The lowest BCUT2D eigenvalue weighted by Crippen LogP contribution is -2.30. The van der Waals surface area contributed by atoms with E-state index in [1.165, 1.54) is 0 Å². The summed E-state index contributed by atoms with van der Waals surface area (Å²) >= 11 is 0. The van der Waals surface area contributed by atoms with Gasteiger partial charge in [-0.3, -0.25) is 9.48 Å². The van der Waals surface area contributed by atoms with E-state index in [0.29, 0.717) is 12.1 Å². The van der Waals surface area contributed by atoms with E-state index in [4.69, 9.17) is 0 Å². The fraction of sp³-hybridized carbons (Fsp3) is 0.556. The molecule has 0 unspecified atom stereocenters. The van der Waals surface area contributed by atoms with Gasteiger partial charge in [-0.05, 0) is 14.0 Å². The molecule has 0 aliphatic heterocycles. The van der Waals surface area contributed by atoms with Crippen molar-refractivity contribution in [2.45, 2.75) is 6.92 Å². The Morgan fingerprint density at radius 1 is 1.57 bits per heavy atom. The summed E-state index contributed by atoms with van der Waals surface area (Å²) in [5.41, 5.74) is 1.40. The number of likely N-dealkylation sites (N-methyl/N-ethyl adjacent to an activating group) is 1. The number of aryl methyl sites for hydroxylation is 2. The summed E-state index contributed by atoms with van der Waals surface area (Å²) in [6.07, 6.45) is 1.73. The molecule has 0 spiro atoms. The Hall–Kier alpha value is -1.36. The van der Waals surface area contributed by atoms with E-state index in [9.17, 15) is 4.79 Å². The Balaban J connectivity index is 2.56. The Morgan fingerprint density at radius 2 is 2.29 bits per heavy atom. The molecule has 0 aromatic carbocycles. The van der Waals surface area contributed by atoms with Gasteiger partial charge in [-0.15, -0.1) is 0 Å². The number of rotatable bonds is 4. The highest BCUT2D eigenvalue weighted by atomic mass is 16.1. The van der Waals surface area contributed by atoms with Gasteiger partial charge in [0, 0.05) is 26.3 Å². The van der Waals surface area contributed by atoms with Crippen molar-refractivity contribution in [2.75, 3.05) is 20.1 Å². The number of aromatic nitrogens is 2. The maximum absolute atomic E-state index is 11.6. The minimum Gasteiger partial charge on any atom is -0.351 e. The molecular formula is C9H16N4O. The van der Waals surface area contributed by atoms with Crippen LogP contribution in [0.15, 0.2) is 6.20 Å². The normalized spacial score (nSPS) is 10.2. The minimum absolute atomic E-state index is 0.0640. The molecule has 0 radical (unpaired) electrons. The molecular weight excluding hydrogens is 180 g/mol. The summed E-state index contributed by atoms with van der Waals surface area (Å²) in [5.74, 6) is -0.0640. The van der Waals surface area contributed by atoms with Crippen molar-refractivity contribution in [3.05, 3.63) is 17.5 Å². The molecule has 14 heavy (non-hydrogen) atoms. The molecule has 0 aliphatic rings. The summed E-state index contributed by atoms with van der Waals surface area (Å²) in [6.45, 7) is 3.22. The first-order chi connectivity index (χ1) is 6.65. The summed E-state index contributed by atoms with van der Waals surface area (Å²) in [7, 11) is 3.65. The molecule has 0 saturated carbocycles. The van der Waals surface area contributed by atoms with Gasteiger partial charge < -0.3 is 10.6 Å². The fourth-order valence-electron chi connectivity index (χ4n) is 1.22. The van der Waals surface area contributed by atoms with Crippen LogP contribution in [0.3, 0.4) is 0 Å². The molecule has 0 saturated heterocycles. The third kappa shape index (κ3) is 2.56. The van der Waals surface area contributed by atoms with Crippen molar-refractivity contribution in [3.8, 4) is 0 Å². The first-order valence-electron chi connectivity index (χ1n) is 4.58. The van der Waals surface area contributed by atoms with Gasteiger partial charge in [-0.25, -0.2) is 0 Å². The van der Waals surface area contributed by atoms with Crippen molar-refractivity contribution >= 4 is 5.91 Å². The zero-order chi connectivity index (χ0) is 10.6. The van der Waals surface area contributed by atoms with E-state index in [1.807, 2.05) is 14.0 Å². The van der Waals surface area contributed by atoms with E-state index >= 15 is 0 Å². The van der Waals surface area contributed by atoms with Crippen LogP contribution in [-0.2, 0) is 7.05 Å². The molecule has 2 N–H and O–H groups in total. The van der Waals surface area contributed by atoms with E-state index in [1.54, 1.807) is 17.9 Å². The van der Waals surface area contributed by atoms with Crippen molar-refractivity contribution in [3.63, 3.8) is 0 Å². The van der Waals surface area contributed by atoms with E-state index < -0.39 is 0 Å². The van der Waals surface area contributed by atoms with E-state index in [2.05, 4.69) is 15.7 Å². The van der Waals surface area contributed by atoms with Gasteiger partial charge in [0.25, 0.3) is 5.91 Å². The van der Waals surface area contributed by atoms with Crippen molar-refractivity contribution < 1.29 is 4.79 Å². The standard InChI is InChI=1S/C9H16N4O/c1-7-8(6-13(3)12-7)9(14)11-5-4-10-2/h6,10H,4-5H2,1-3H3,(H,11,14). The predicted octanol–water partition coefficient (Wildman–Crippen LogP) is -0.322. The van der Waals surface area contributed by atoms with Crippen LogP contribution in [-0.4, -0.2) is 35.8 Å². The number of hydrogen-bond acceptors (Lipinski definition) is 3. The molecule has 0 bridgehead atoms. The zero-order valence-electron chi connectivity index (χ0n) is 8.79. The van der Waals surface area contributed by atoms with Crippen LogP contribution in [0.2, 0.25) is 0 Å². The summed E-state index contributed by atoms with van der Waals surface area (Å²) in [5, 5.41) is 9.86. The van der Waals surface area contributed by atoms with Crippen LogP contribution in [0, 0.1) is 6.92 Å². The largest absolute Gasteiger partial charge is 0.351 e. The first-order valence-corrected chi connectivity index (χ1v) is 4.58. The second kappa shape index (κ2) is 4.76. The quantitative estimate of drug-likeness (QED) is 0.649. The van der Waals surface area contributed by atoms with Crippen LogP contribution >= 0.6 is 0 Å². The number of nitrogens with zero attached hydrogens (tertiary/aromatic N) is 2. The van der Waals surface area contributed by atoms with Crippen molar-refractivity contribution in [1.29, 1.82) is 0 Å². The first kappa shape index (κ1) is 10.7. The number of nitrogens with one attached hydrogen (secondary N) is 2. The lowest BCUT2D eigenvalue weighted by molar-refractivity contribution is 0.0953. The van der Waals surface area contributed by atoms with Crippen LogP contribution in [0.5, 0.6) is 0 Å². The number of amides is 1. The molecule has 0 fully saturated rings. The Morgan fingerprint density at radius 3 is 2.79 bits per heavy atom. The molecule has 1 aromatic heterocycles. The van der Waals surface area contributed by atoms with Crippen LogP contribution < -0.4 is 10.6 Å². The maximum atomic E-state index is 11.6. The molecule has 1 heterocycles. The third-order valence-electron chi connectivity index (χ3n) is 1.92. The monoisotopic (exact) mass is 196 g/mol. The SMILES string of the molecule is CNCCNC(=O)c1cn(C)nc1C. The van der Waals surface area contributed by atoms with Gasteiger partial charge in [0.15, 0.2) is 0 Å². The highest BCUT2D eigenvalue weighted by Crippen LogP contribution is 2.03. The molecule has 1 rings (SSSR count). The van der Waals surface area contributed by atoms with Gasteiger partial charge in [-0.2, -0.15) is 5.10 Å². The molecule has 1 aromatic rings. The molecule has 1 amide bonds. The topological polar surface area (TPSA) is 58.9 Å². The molecule has 78 valence electrons. The van der Waals surface area contributed by atoms with Gasteiger partial charge in [-0.1, -0.05) is 0 Å². The average Bonchev–Trinajstić information content (AvgIpc) is 2.45. The Bertz CT molecular complexity index is 319. The van der Waals surface area contributed by atoms with Crippen LogP contribution in [0.4, 0.5) is 0 Å². The second-order valence-electron chi connectivity index (χ2n) is 3.16. The predicted molar refractivity (Wildman–Crippen MR) is 54.2 cm³/mol. The zero-order valence-corrected chi connectivity index (χ0v) is 8.79. The molecule has 0 atom stereocenters. The highest BCUT2D eigenvalue weighted by Gasteiger charge is 2.10. The lowest BCUT2D eigenvalue weighted by Gasteiger charge is -2.02. The molecule has 5 heteroatoms. The number of hydrogen-bond donors (Lipinski definition) is 2. The Labute approximate surface area is 83.5 Å². The van der Waals surface area contributed by atoms with E-state index in [0.717, 1.165) is 12.2 Å². The summed E-state index contributed by atoms with van der Waals surface area (Å²) < 4.78 is 1.64. The lowest BCUT2D eigenvalue weighted by atomic mass is 10.2. The van der Waals surface area contributed by atoms with Crippen LogP contribution in [0.1, 0.15) is 16.1 Å². The molecule has 0 aliphatic carbocycles. The van der Waals surface area contributed by atoms with Crippen molar-refractivity contribution in [1.82, 2.24) is 20.4 Å². The van der Waals surface area contributed by atoms with Crippen LogP contribution in [0.25, 0.3) is 0 Å². The summed E-state index contributed by atoms with van der Waals surface area (Å²) in [4.78, 5) is 11.6. The second-order valence-corrected chi connectivity index (χ2v) is 3.16. The van der Waals surface area contributed by atoms with E-state index in [-0.39, 0.29) is 5.91 Å². The summed E-state index contributed by atoms with van der Waals surface area (Å²) in [6, 6.07) is 0. The third-order valence-corrected chi connectivity index (χ3v) is 1.92. The Kier molecular flexibility index (Phi) is 3.64. The van der Waals surface area contributed by atoms with Gasteiger partial charge >= 0.3 is 0 Å². The maximum Gasteiger partial charge on any atom is 0.254 e. The number of carbonyl (C=O) groups excluding carboxylic acids is 1. The fourth-order valence-corrected chi connectivity index (χ4v) is 1.22. The molecule has 5 nitrogen and oxygen atoms in total.